The van der Waals surface area contributed by atoms with Gasteiger partial charge >= 0.3 is 0 Å². The fourth-order valence-corrected chi connectivity index (χ4v) is 5.52. The van der Waals surface area contributed by atoms with Crippen LogP contribution in [0.5, 0.6) is 0 Å². The summed E-state index contributed by atoms with van der Waals surface area (Å²) in [4.78, 5) is 14.3. The molecule has 0 atom stereocenters. The van der Waals surface area contributed by atoms with Gasteiger partial charge in [-0.05, 0) is 73.0 Å². The molecule has 0 heterocycles. The van der Waals surface area contributed by atoms with Crippen LogP contribution in [0.15, 0.2) is 107 Å². The van der Waals surface area contributed by atoms with Crippen molar-refractivity contribution >= 4 is 39.1 Å². The van der Waals surface area contributed by atoms with Crippen LogP contribution in [0.25, 0.3) is 0 Å². The lowest BCUT2D eigenvalue weighted by atomic mass is 10.1. The summed E-state index contributed by atoms with van der Waals surface area (Å²) in [5.74, 6) is 0.529. The number of sulfonamides is 1. The van der Waals surface area contributed by atoms with E-state index in [0.717, 1.165) is 22.6 Å². The number of hydrogen-bond acceptors (Lipinski definition) is 4. The molecule has 0 aliphatic carbocycles. The largest absolute Gasteiger partial charge is 0.322 e. The highest BCUT2D eigenvalue weighted by molar-refractivity contribution is 7.98. The van der Waals surface area contributed by atoms with Crippen molar-refractivity contribution in [2.24, 2.45) is 0 Å². The number of carbonyl (C=O) groups excluding carboxylic acids is 1. The summed E-state index contributed by atoms with van der Waals surface area (Å²) in [5, 5.41) is 2.95. The Kier molecular flexibility index (Phi) is 7.58. The van der Waals surface area contributed by atoms with E-state index in [2.05, 4.69) is 28.2 Å². The fourth-order valence-electron chi connectivity index (χ4n) is 3.51. The van der Waals surface area contributed by atoms with Crippen molar-refractivity contribution in [3.05, 3.63) is 119 Å². The van der Waals surface area contributed by atoms with Gasteiger partial charge in [0.2, 0.25) is 0 Å². The minimum Gasteiger partial charge on any atom is -0.322 e. The van der Waals surface area contributed by atoms with Gasteiger partial charge in [-0.2, -0.15) is 0 Å². The Bertz CT molecular complexity index is 1440. The van der Waals surface area contributed by atoms with Gasteiger partial charge in [-0.1, -0.05) is 54.6 Å². The van der Waals surface area contributed by atoms with Crippen LogP contribution < -0.4 is 10.0 Å². The second-order valence-corrected chi connectivity index (χ2v) is 10.9. The van der Waals surface area contributed by atoms with E-state index >= 15 is 0 Å². The molecule has 7 heteroatoms. The number of hydrogen-bond donors (Lipinski definition) is 2. The minimum atomic E-state index is -3.76. The summed E-state index contributed by atoms with van der Waals surface area (Å²) in [5.41, 5.74) is 4.30. The highest BCUT2D eigenvalue weighted by atomic mass is 32.2. The number of rotatable bonds is 8. The SMILES string of the molecule is Cc1cc(CSc2ccccc2)ccc1NC(=O)c1ccc(C)c(NS(=O)(=O)c2ccccc2)c1. The summed E-state index contributed by atoms with van der Waals surface area (Å²) >= 11 is 1.76. The summed E-state index contributed by atoms with van der Waals surface area (Å²) < 4.78 is 28.1. The van der Waals surface area contributed by atoms with Gasteiger partial charge in [0.25, 0.3) is 15.9 Å². The molecular weight excluding hydrogens is 476 g/mol. The molecule has 0 aromatic heterocycles. The Balaban J connectivity index is 1.46. The van der Waals surface area contributed by atoms with Crippen LogP contribution in [-0.4, -0.2) is 14.3 Å². The van der Waals surface area contributed by atoms with Crippen LogP contribution in [0.1, 0.15) is 27.0 Å². The molecule has 4 aromatic rings. The number of aryl methyl sites for hydroxylation is 2. The number of thioether (sulfide) groups is 1. The molecule has 0 aliphatic heterocycles. The van der Waals surface area contributed by atoms with Crippen LogP contribution >= 0.6 is 11.8 Å². The molecule has 5 nitrogen and oxygen atoms in total. The monoisotopic (exact) mass is 502 g/mol. The number of carbonyl (C=O) groups is 1. The summed E-state index contributed by atoms with van der Waals surface area (Å²) in [7, 11) is -3.76. The minimum absolute atomic E-state index is 0.162. The number of nitrogens with one attached hydrogen (secondary N) is 2. The topological polar surface area (TPSA) is 75.3 Å². The predicted octanol–water partition coefficient (Wildman–Crippen LogP) is 6.65. The van der Waals surface area contributed by atoms with Gasteiger partial charge in [-0.15, -0.1) is 11.8 Å². The first-order valence-electron chi connectivity index (χ1n) is 11.1. The average molecular weight is 503 g/mol. The summed E-state index contributed by atoms with van der Waals surface area (Å²) in [6, 6.07) is 29.3. The second-order valence-electron chi connectivity index (χ2n) is 8.15. The molecule has 1 amide bonds. The predicted molar refractivity (Wildman–Crippen MR) is 144 cm³/mol. The van der Waals surface area contributed by atoms with Crippen molar-refractivity contribution in [2.75, 3.05) is 10.0 Å². The maximum Gasteiger partial charge on any atom is 0.261 e. The van der Waals surface area contributed by atoms with Gasteiger partial charge in [0.05, 0.1) is 10.6 Å². The molecule has 4 aromatic carbocycles. The maximum absolute atomic E-state index is 13.0. The molecule has 0 saturated heterocycles. The van der Waals surface area contributed by atoms with Crippen LogP contribution in [0.2, 0.25) is 0 Å². The first kappa shape index (κ1) is 24.6. The Morgan fingerprint density at radius 3 is 2.14 bits per heavy atom. The molecule has 0 aliphatic rings. The van der Waals surface area contributed by atoms with E-state index in [1.807, 2.05) is 37.3 Å². The molecule has 0 spiro atoms. The van der Waals surface area contributed by atoms with Crippen LogP contribution in [-0.2, 0) is 15.8 Å². The third kappa shape index (κ3) is 6.32. The fraction of sp³-hybridized carbons (Fsp3) is 0.107. The van der Waals surface area contributed by atoms with E-state index in [0.29, 0.717) is 11.3 Å². The van der Waals surface area contributed by atoms with Crippen LogP contribution in [0.4, 0.5) is 11.4 Å². The van der Waals surface area contributed by atoms with Crippen molar-refractivity contribution in [3.63, 3.8) is 0 Å². The lowest BCUT2D eigenvalue weighted by Crippen LogP contribution is -2.16. The van der Waals surface area contributed by atoms with Crippen molar-refractivity contribution in [3.8, 4) is 0 Å². The highest BCUT2D eigenvalue weighted by Gasteiger charge is 2.17. The highest BCUT2D eigenvalue weighted by Crippen LogP contribution is 2.26. The van der Waals surface area contributed by atoms with Gasteiger partial charge in [-0.25, -0.2) is 8.42 Å². The Morgan fingerprint density at radius 2 is 1.46 bits per heavy atom. The van der Waals surface area contributed by atoms with E-state index in [-0.39, 0.29) is 10.8 Å². The van der Waals surface area contributed by atoms with Crippen LogP contribution in [0.3, 0.4) is 0 Å². The van der Waals surface area contributed by atoms with Crippen molar-refractivity contribution in [1.82, 2.24) is 0 Å². The van der Waals surface area contributed by atoms with Crippen molar-refractivity contribution < 1.29 is 13.2 Å². The molecular formula is C28H26N2O3S2. The molecule has 2 N–H and O–H groups in total. The molecule has 4 rings (SSSR count). The summed E-state index contributed by atoms with van der Waals surface area (Å²) in [6.07, 6.45) is 0. The maximum atomic E-state index is 13.0. The molecule has 178 valence electrons. The number of benzene rings is 4. The van der Waals surface area contributed by atoms with Crippen molar-refractivity contribution in [2.45, 2.75) is 29.4 Å². The van der Waals surface area contributed by atoms with Gasteiger partial charge < -0.3 is 5.32 Å². The van der Waals surface area contributed by atoms with Crippen molar-refractivity contribution in [1.29, 1.82) is 0 Å². The zero-order chi connectivity index (χ0) is 24.8. The zero-order valence-electron chi connectivity index (χ0n) is 19.5. The van der Waals surface area contributed by atoms with E-state index in [1.165, 1.54) is 22.6 Å². The summed E-state index contributed by atoms with van der Waals surface area (Å²) in [6.45, 7) is 3.75. The second kappa shape index (κ2) is 10.8. The van der Waals surface area contributed by atoms with Gasteiger partial charge in [0, 0.05) is 21.9 Å². The van der Waals surface area contributed by atoms with Gasteiger partial charge in [0.1, 0.15) is 0 Å². The molecule has 0 unspecified atom stereocenters. The quantitative estimate of drug-likeness (QED) is 0.265. The van der Waals surface area contributed by atoms with Gasteiger partial charge in [-0.3, -0.25) is 9.52 Å². The van der Waals surface area contributed by atoms with E-state index < -0.39 is 10.0 Å². The standard InChI is InChI=1S/C28H26N2O3S2/c1-20-13-15-23(18-27(20)30-35(32,33)25-11-7-4-8-12-25)28(31)29-26-16-14-22(17-21(26)2)19-34-24-9-5-3-6-10-24/h3-18,30H,19H2,1-2H3,(H,29,31). The van der Waals surface area contributed by atoms with Gasteiger partial charge in [0.15, 0.2) is 0 Å². The molecule has 0 fully saturated rings. The third-order valence-electron chi connectivity index (χ3n) is 5.49. The number of amides is 1. The lowest BCUT2D eigenvalue weighted by molar-refractivity contribution is 0.102. The average Bonchev–Trinajstić information content (AvgIpc) is 2.86. The molecule has 0 radical (unpaired) electrons. The molecule has 0 saturated carbocycles. The lowest BCUT2D eigenvalue weighted by Gasteiger charge is -2.14. The van der Waals surface area contributed by atoms with E-state index in [1.54, 1.807) is 55.1 Å². The zero-order valence-corrected chi connectivity index (χ0v) is 21.1. The Morgan fingerprint density at radius 1 is 0.771 bits per heavy atom. The Hall–Kier alpha value is -3.55. The number of anilines is 2. The smallest absolute Gasteiger partial charge is 0.261 e. The first-order chi connectivity index (χ1) is 16.8. The Labute approximate surface area is 210 Å². The van der Waals surface area contributed by atoms with Crippen LogP contribution in [0, 0.1) is 13.8 Å². The molecule has 0 bridgehead atoms. The normalized spacial score (nSPS) is 11.1. The third-order valence-corrected chi connectivity index (χ3v) is 7.95. The first-order valence-corrected chi connectivity index (χ1v) is 13.6. The van der Waals surface area contributed by atoms with E-state index in [4.69, 9.17) is 0 Å². The van der Waals surface area contributed by atoms with E-state index in [9.17, 15) is 13.2 Å². The molecule has 35 heavy (non-hydrogen) atoms.